The van der Waals surface area contributed by atoms with Crippen LogP contribution in [0, 0.1) is 0 Å². The number of aromatic nitrogens is 5. The Balaban J connectivity index is 1.28. The minimum atomic E-state index is -0.125. The van der Waals surface area contributed by atoms with Crippen LogP contribution in [0.3, 0.4) is 0 Å². The quantitative estimate of drug-likeness (QED) is 0.166. The second-order valence-electron chi connectivity index (χ2n) is 33.3. The number of hydrogen-bond acceptors (Lipinski definition) is 3. The van der Waals surface area contributed by atoms with Crippen molar-refractivity contribution in [2.24, 2.45) is 0 Å². The summed E-state index contributed by atoms with van der Waals surface area (Å²) < 4.78 is 5.28. The highest BCUT2D eigenvalue weighted by atomic mass is 15.1. The fourth-order valence-corrected chi connectivity index (χ4v) is 13.4. The first-order valence-electron chi connectivity index (χ1n) is 30.7. The molecule has 0 aliphatic carbocycles. The minimum absolute atomic E-state index is 0.0436. The van der Waals surface area contributed by atoms with Crippen molar-refractivity contribution in [2.45, 2.75) is 209 Å². The highest BCUT2D eigenvalue weighted by molar-refractivity contribution is 7.00. The van der Waals surface area contributed by atoms with Crippen LogP contribution in [0.2, 0.25) is 0 Å². The maximum Gasteiger partial charge on any atom is 0.252 e. The highest BCUT2D eigenvalue weighted by Crippen LogP contribution is 2.47. The molecule has 426 valence electrons. The smallest absolute Gasteiger partial charge is 0.252 e. The molecule has 5 nitrogen and oxygen atoms in total. The third kappa shape index (κ3) is 9.21. The summed E-state index contributed by atoms with van der Waals surface area (Å²) in [7, 11) is 0. The molecule has 7 aromatic carbocycles. The van der Waals surface area contributed by atoms with Gasteiger partial charge in [-0.25, -0.2) is 15.0 Å². The lowest BCUT2D eigenvalue weighted by Crippen LogP contribution is -2.59. The molecule has 2 aliphatic heterocycles. The summed E-state index contributed by atoms with van der Waals surface area (Å²) in [6.07, 6.45) is 0. The molecule has 0 bridgehead atoms. The van der Waals surface area contributed by atoms with Crippen molar-refractivity contribution in [3.05, 3.63) is 154 Å². The Morgan fingerprint density at radius 2 is 0.602 bits per heavy atom. The Hall–Kier alpha value is -6.79. The van der Waals surface area contributed by atoms with E-state index in [9.17, 15) is 0 Å². The maximum absolute atomic E-state index is 5.77. The predicted octanol–water partition coefficient (Wildman–Crippen LogP) is 18.6. The van der Waals surface area contributed by atoms with Crippen LogP contribution in [0.25, 0.3) is 89.2 Å². The van der Waals surface area contributed by atoms with Gasteiger partial charge in [-0.15, -0.1) is 0 Å². The van der Waals surface area contributed by atoms with Crippen molar-refractivity contribution in [1.29, 1.82) is 0 Å². The molecule has 3 aromatic heterocycles. The van der Waals surface area contributed by atoms with Crippen LogP contribution < -0.4 is 16.4 Å². The van der Waals surface area contributed by atoms with E-state index in [0.717, 1.165) is 16.7 Å². The Labute approximate surface area is 496 Å². The zero-order valence-corrected chi connectivity index (χ0v) is 54.7. The fourth-order valence-electron chi connectivity index (χ4n) is 13.4. The molecular formula is C77H90BN5. The highest BCUT2D eigenvalue weighted by Gasteiger charge is 2.44. The van der Waals surface area contributed by atoms with E-state index in [1.807, 2.05) is 0 Å². The van der Waals surface area contributed by atoms with Crippen LogP contribution in [0.15, 0.2) is 109 Å². The molecule has 2 aliphatic rings. The van der Waals surface area contributed by atoms with Crippen LogP contribution in [0.1, 0.15) is 211 Å². The number of fused-ring (bicyclic) bond motifs is 10. The Kier molecular flexibility index (Phi) is 12.2. The molecular weight excluding hydrogens is 1010 g/mol. The summed E-state index contributed by atoms with van der Waals surface area (Å²) in [5.41, 5.74) is 24.0. The van der Waals surface area contributed by atoms with E-state index in [-0.39, 0.29) is 50.0 Å². The van der Waals surface area contributed by atoms with Crippen LogP contribution in [0.5, 0.6) is 0 Å². The van der Waals surface area contributed by atoms with Crippen LogP contribution >= 0.6 is 0 Å². The van der Waals surface area contributed by atoms with Crippen LogP contribution in [-0.2, 0) is 43.3 Å². The van der Waals surface area contributed by atoms with Gasteiger partial charge in [-0.2, -0.15) is 0 Å². The van der Waals surface area contributed by atoms with E-state index < -0.39 is 0 Å². The normalized spacial score (nSPS) is 14.2. The first-order chi connectivity index (χ1) is 38.2. The standard InChI is InChI=1S/C77H90BN5/c1-70(2,3)46-25-31-58-52(41-46)62-54(76(19,20)21)27-29-56-65(62)82(58)60-37-45(38-61-64(60)78(56)57-30-28-55(77(22,23)24)63-53-42-47(71(4,5)6)26-32-59(53)83(61)66(57)63)69-80-67(43-33-48(72(7,8)9)39-49(34-43)73(10,11)12)79-68(81-69)44-35-50(74(13,14)15)40-51(36-44)75(16,17)18/h25-42H,1-24H3. The summed E-state index contributed by atoms with van der Waals surface area (Å²) in [6.45, 7) is 56.0. The number of rotatable bonds is 3. The van der Waals surface area contributed by atoms with Crippen molar-refractivity contribution in [1.82, 2.24) is 24.1 Å². The van der Waals surface area contributed by atoms with Gasteiger partial charge >= 0.3 is 0 Å². The predicted molar refractivity (Wildman–Crippen MR) is 359 cm³/mol. The van der Waals surface area contributed by atoms with E-state index in [1.54, 1.807) is 0 Å². The molecule has 0 N–H and O–H groups in total. The first kappa shape index (κ1) is 56.7. The molecule has 5 heterocycles. The lowest BCUT2D eigenvalue weighted by molar-refractivity contribution is 0.568. The van der Waals surface area contributed by atoms with E-state index in [2.05, 4.69) is 284 Å². The molecule has 83 heavy (non-hydrogen) atoms. The van der Waals surface area contributed by atoms with E-state index >= 15 is 0 Å². The van der Waals surface area contributed by atoms with Crippen LogP contribution in [-0.4, -0.2) is 30.8 Å². The summed E-state index contributed by atoms with van der Waals surface area (Å²) in [4.78, 5) is 17.2. The number of benzene rings is 7. The van der Waals surface area contributed by atoms with Gasteiger partial charge in [-0.3, -0.25) is 0 Å². The van der Waals surface area contributed by atoms with Crippen LogP contribution in [0.4, 0.5) is 0 Å². The molecule has 0 amide bonds. The van der Waals surface area contributed by atoms with Crippen molar-refractivity contribution < 1.29 is 0 Å². The lowest BCUT2D eigenvalue weighted by atomic mass is 9.34. The van der Waals surface area contributed by atoms with Gasteiger partial charge in [0.25, 0.3) is 6.71 Å². The van der Waals surface area contributed by atoms with Crippen molar-refractivity contribution in [3.63, 3.8) is 0 Å². The molecule has 12 rings (SSSR count). The topological polar surface area (TPSA) is 48.5 Å². The maximum atomic E-state index is 5.77. The Morgan fingerprint density at radius 1 is 0.301 bits per heavy atom. The average Bonchev–Trinajstić information content (AvgIpc) is 1.88. The molecule has 0 radical (unpaired) electrons. The van der Waals surface area contributed by atoms with Crippen molar-refractivity contribution in [3.8, 4) is 45.5 Å². The Morgan fingerprint density at radius 3 is 0.892 bits per heavy atom. The zero-order chi connectivity index (χ0) is 60.2. The van der Waals surface area contributed by atoms with Gasteiger partial charge in [0.15, 0.2) is 17.5 Å². The van der Waals surface area contributed by atoms with Gasteiger partial charge in [-0.1, -0.05) is 215 Å². The molecule has 0 unspecified atom stereocenters. The second-order valence-corrected chi connectivity index (χ2v) is 33.3. The van der Waals surface area contributed by atoms with E-state index in [4.69, 9.17) is 15.0 Å². The van der Waals surface area contributed by atoms with Crippen molar-refractivity contribution >= 4 is 66.7 Å². The molecule has 0 atom stereocenters. The third-order valence-electron chi connectivity index (χ3n) is 18.5. The molecule has 10 aromatic rings. The number of hydrogen-bond donors (Lipinski definition) is 0. The van der Waals surface area contributed by atoms with Gasteiger partial charge in [0.2, 0.25) is 0 Å². The van der Waals surface area contributed by atoms with Gasteiger partial charge in [0, 0.05) is 60.6 Å². The van der Waals surface area contributed by atoms with Gasteiger partial charge < -0.3 is 9.13 Å². The Bertz CT molecular complexity index is 4040. The molecule has 0 saturated heterocycles. The molecule has 0 fully saturated rings. The van der Waals surface area contributed by atoms with Gasteiger partial charge in [-0.05, 0) is 165 Å². The second kappa shape index (κ2) is 17.9. The van der Waals surface area contributed by atoms with Crippen molar-refractivity contribution in [2.75, 3.05) is 0 Å². The molecule has 0 saturated carbocycles. The molecule has 0 spiro atoms. The lowest BCUT2D eigenvalue weighted by Gasteiger charge is -2.35. The summed E-state index contributed by atoms with van der Waals surface area (Å²) in [5.74, 6) is 2.01. The third-order valence-corrected chi connectivity index (χ3v) is 18.5. The first-order valence-corrected chi connectivity index (χ1v) is 30.7. The average molecular weight is 1100 g/mol. The monoisotopic (exact) mass is 1100 g/mol. The fraction of sp³-hybridized carbons (Fsp3) is 0.416. The zero-order valence-electron chi connectivity index (χ0n) is 54.7. The summed E-state index contributed by atoms with van der Waals surface area (Å²) >= 11 is 0. The SMILES string of the molecule is CC(C)(C)c1cc(-c2nc(-c3cc(C(C)(C)C)cc(C(C)(C)C)c3)nc(-c3cc4c5c(c3)-n3c6ccc(C(C)(C)C)cc6c6c(C(C)(C)C)ccc(c63)B5c3ccc(C(C)(C)C)c5c6cc(C(C)(C)C)ccc6n-4c35)n2)cc(C(C)(C)C)c1. The number of nitrogens with zero attached hydrogens (tertiary/aromatic N) is 5. The van der Waals surface area contributed by atoms with E-state index in [1.165, 1.54) is 116 Å². The largest absolute Gasteiger partial charge is 0.310 e. The molecule has 6 heteroatoms. The van der Waals surface area contributed by atoms with Gasteiger partial charge in [0.1, 0.15) is 0 Å². The van der Waals surface area contributed by atoms with E-state index in [0.29, 0.717) is 17.5 Å². The summed E-state index contributed by atoms with van der Waals surface area (Å²) in [5, 5.41) is 5.31. The summed E-state index contributed by atoms with van der Waals surface area (Å²) in [6, 6.07) is 43.6. The van der Waals surface area contributed by atoms with Gasteiger partial charge in [0.05, 0.1) is 11.0 Å². The minimum Gasteiger partial charge on any atom is -0.310 e.